The van der Waals surface area contributed by atoms with Crippen LogP contribution in [-0.2, 0) is 0 Å². The number of aromatic nitrogens is 2. The van der Waals surface area contributed by atoms with E-state index >= 15 is 0 Å². The molecule has 2 heterocycles. The fraction of sp³-hybridized carbons (Fsp3) is 0. The molecule has 2 aromatic rings. The van der Waals surface area contributed by atoms with Gasteiger partial charge in [0, 0.05) is 6.20 Å². The van der Waals surface area contributed by atoms with Crippen molar-refractivity contribution in [2.24, 2.45) is 0 Å². The Morgan fingerprint density at radius 2 is 2.30 bits per heavy atom. The van der Waals surface area contributed by atoms with Gasteiger partial charge in [0.25, 0.3) is 0 Å². The van der Waals surface area contributed by atoms with Crippen LogP contribution in [0.5, 0.6) is 0 Å². The maximum Gasteiger partial charge on any atom is 0.0845 e. The van der Waals surface area contributed by atoms with Crippen molar-refractivity contribution >= 4 is 21.6 Å². The fourth-order valence-corrected chi connectivity index (χ4v) is 1.55. The lowest BCUT2D eigenvalue weighted by atomic mass is 10.3. The summed E-state index contributed by atoms with van der Waals surface area (Å²) in [5, 5.41) is 0. The molecule has 0 saturated carbocycles. The molecule has 2 aromatic heterocycles. The van der Waals surface area contributed by atoms with E-state index in [0.717, 1.165) is 15.9 Å². The molecule has 2 nitrogen and oxygen atoms in total. The van der Waals surface area contributed by atoms with E-state index in [1.54, 1.807) is 23.0 Å². The van der Waals surface area contributed by atoms with Crippen LogP contribution < -0.4 is 0 Å². The van der Waals surface area contributed by atoms with E-state index in [1.807, 2.05) is 6.07 Å². The second-order valence-electron chi connectivity index (χ2n) is 1.96. The van der Waals surface area contributed by atoms with Gasteiger partial charge in [0.15, 0.2) is 0 Å². The van der Waals surface area contributed by atoms with E-state index in [-0.39, 0.29) is 0 Å². The van der Waals surface area contributed by atoms with Gasteiger partial charge in [0.2, 0.25) is 0 Å². The van der Waals surface area contributed by atoms with Crippen LogP contribution >= 0.6 is 11.3 Å². The van der Waals surface area contributed by atoms with Crippen LogP contribution in [0.25, 0.3) is 10.2 Å². The summed E-state index contributed by atoms with van der Waals surface area (Å²) in [5.74, 6) is 0. The molecule has 2 rings (SSSR count). The maximum atomic E-state index is 4.12. The summed E-state index contributed by atoms with van der Waals surface area (Å²) in [4.78, 5) is 8.16. The number of rotatable bonds is 0. The summed E-state index contributed by atoms with van der Waals surface area (Å²) in [5.41, 5.74) is 3.62. The molecule has 0 fully saturated rings. The summed E-state index contributed by atoms with van der Waals surface area (Å²) >= 11 is 1.58. The van der Waals surface area contributed by atoms with Crippen molar-refractivity contribution in [3.8, 4) is 0 Å². The molecule has 1 radical (unpaired) electrons. The Hall–Kier alpha value is -0.960. The second kappa shape index (κ2) is 2.02. The Balaban J connectivity index is 2.95. The first-order valence-electron chi connectivity index (χ1n) is 2.88. The molecule has 0 aromatic carbocycles. The molecular weight excluding hydrogens is 144 g/mol. The van der Waals surface area contributed by atoms with Crippen LogP contribution in [0.4, 0.5) is 0 Å². The highest BCUT2D eigenvalue weighted by Gasteiger charge is 1.97. The van der Waals surface area contributed by atoms with E-state index in [1.165, 1.54) is 0 Å². The molecule has 10 heavy (non-hydrogen) atoms. The van der Waals surface area contributed by atoms with Gasteiger partial charge in [0.05, 0.1) is 21.4 Å². The quantitative estimate of drug-likeness (QED) is 0.571. The summed E-state index contributed by atoms with van der Waals surface area (Å²) in [6, 6.07) is 1.89. The van der Waals surface area contributed by atoms with Crippen LogP contribution in [0.3, 0.4) is 0 Å². The van der Waals surface area contributed by atoms with Crippen LogP contribution in [0.2, 0.25) is 0 Å². The van der Waals surface area contributed by atoms with E-state index in [4.69, 9.17) is 0 Å². The summed E-state index contributed by atoms with van der Waals surface area (Å²) in [7, 11) is 0. The average Bonchev–Trinajstić information content (AvgIpc) is 2.36. The Kier molecular flexibility index (Phi) is 1.17. The molecule has 0 unspecified atom stereocenters. The third kappa shape index (κ3) is 0.708. The van der Waals surface area contributed by atoms with Crippen molar-refractivity contribution in [3.05, 3.63) is 30.4 Å². The van der Waals surface area contributed by atoms with Gasteiger partial charge in [-0.05, 0) is 13.0 Å². The molecule has 0 N–H and O–H groups in total. The molecule has 0 aliphatic rings. The van der Waals surface area contributed by atoms with Crippen molar-refractivity contribution in [1.29, 1.82) is 0 Å². The van der Waals surface area contributed by atoms with E-state index in [0.29, 0.717) is 0 Å². The molecule has 0 amide bonds. The maximum absolute atomic E-state index is 4.12. The van der Waals surface area contributed by atoms with Crippen molar-refractivity contribution in [3.63, 3.8) is 0 Å². The summed E-state index contributed by atoms with van der Waals surface area (Å²) in [6.07, 6.45) is 1.73. The predicted molar refractivity (Wildman–Crippen MR) is 41.9 cm³/mol. The Morgan fingerprint density at radius 3 is 3.10 bits per heavy atom. The minimum absolute atomic E-state index is 0.819. The van der Waals surface area contributed by atoms with Crippen molar-refractivity contribution < 1.29 is 0 Å². The first-order valence-corrected chi connectivity index (χ1v) is 3.76. The zero-order valence-electron chi connectivity index (χ0n) is 5.24. The minimum Gasteiger partial charge on any atom is -0.260 e. The SMILES string of the molecule is [CH2]c1nccc2ncsc12. The molecule has 0 spiro atoms. The lowest BCUT2D eigenvalue weighted by Gasteiger charge is -1.89. The molecular formula is C7H5N2S. The van der Waals surface area contributed by atoms with Gasteiger partial charge in [0.1, 0.15) is 0 Å². The molecule has 0 atom stereocenters. The standard InChI is InChI=1S/C7H5N2S/c1-5-7-6(2-3-8-5)9-4-10-7/h2-4H,1H2. The Bertz CT molecular complexity index is 353. The lowest BCUT2D eigenvalue weighted by Crippen LogP contribution is -1.77. The van der Waals surface area contributed by atoms with Crippen LogP contribution in [0, 0.1) is 6.92 Å². The topological polar surface area (TPSA) is 25.8 Å². The van der Waals surface area contributed by atoms with Gasteiger partial charge in [-0.3, -0.25) is 4.98 Å². The van der Waals surface area contributed by atoms with Crippen LogP contribution in [0.1, 0.15) is 5.69 Å². The predicted octanol–water partition coefficient (Wildman–Crippen LogP) is 1.87. The smallest absolute Gasteiger partial charge is 0.0845 e. The number of hydrogen-bond donors (Lipinski definition) is 0. The van der Waals surface area contributed by atoms with Gasteiger partial charge >= 0.3 is 0 Å². The van der Waals surface area contributed by atoms with Crippen molar-refractivity contribution in [2.75, 3.05) is 0 Å². The monoisotopic (exact) mass is 149 g/mol. The lowest BCUT2D eigenvalue weighted by molar-refractivity contribution is 1.30. The Morgan fingerprint density at radius 1 is 1.40 bits per heavy atom. The van der Waals surface area contributed by atoms with E-state index in [9.17, 15) is 0 Å². The van der Waals surface area contributed by atoms with E-state index < -0.39 is 0 Å². The molecule has 3 heteroatoms. The number of fused-ring (bicyclic) bond motifs is 1. The zero-order valence-corrected chi connectivity index (χ0v) is 6.06. The molecule has 0 saturated heterocycles. The number of pyridine rings is 1. The molecule has 0 aliphatic heterocycles. The minimum atomic E-state index is 0.819. The molecule has 0 aliphatic carbocycles. The van der Waals surface area contributed by atoms with Gasteiger partial charge in [-0.15, -0.1) is 11.3 Å². The number of hydrogen-bond acceptors (Lipinski definition) is 3. The second-order valence-corrected chi connectivity index (χ2v) is 2.81. The summed E-state index contributed by atoms with van der Waals surface area (Å²) < 4.78 is 1.09. The first kappa shape index (κ1) is 5.80. The fourth-order valence-electron chi connectivity index (χ4n) is 0.846. The summed E-state index contributed by atoms with van der Waals surface area (Å²) in [6.45, 7) is 3.78. The molecule has 0 bridgehead atoms. The molecule has 49 valence electrons. The Labute approximate surface area is 62.6 Å². The normalized spacial score (nSPS) is 10.5. The largest absolute Gasteiger partial charge is 0.260 e. The number of nitrogens with zero attached hydrogens (tertiary/aromatic N) is 2. The number of thiazole rings is 1. The van der Waals surface area contributed by atoms with Gasteiger partial charge in [-0.25, -0.2) is 4.98 Å². The highest BCUT2D eigenvalue weighted by Crippen LogP contribution is 2.18. The van der Waals surface area contributed by atoms with E-state index in [2.05, 4.69) is 16.9 Å². The first-order chi connectivity index (χ1) is 4.88. The third-order valence-corrected chi connectivity index (χ3v) is 2.21. The van der Waals surface area contributed by atoms with Gasteiger partial charge < -0.3 is 0 Å². The average molecular weight is 149 g/mol. The highest BCUT2D eigenvalue weighted by atomic mass is 32.1. The highest BCUT2D eigenvalue weighted by molar-refractivity contribution is 7.16. The van der Waals surface area contributed by atoms with Crippen molar-refractivity contribution in [2.45, 2.75) is 0 Å². The van der Waals surface area contributed by atoms with Gasteiger partial charge in [-0.1, -0.05) is 0 Å². The third-order valence-electron chi connectivity index (χ3n) is 1.32. The van der Waals surface area contributed by atoms with Crippen molar-refractivity contribution in [1.82, 2.24) is 9.97 Å². The van der Waals surface area contributed by atoms with Crippen LogP contribution in [0.15, 0.2) is 17.8 Å². The van der Waals surface area contributed by atoms with Crippen LogP contribution in [-0.4, -0.2) is 9.97 Å². The zero-order chi connectivity index (χ0) is 6.97. The van der Waals surface area contributed by atoms with Gasteiger partial charge in [-0.2, -0.15) is 0 Å².